The standard InChI is InChI=1S/C29H23N3O4S/c1-18-7-9-19(10-8-18)25-15-23(22-5-3-4-6-24(22)30-25)28(34)36-16-27(33)32-29-31-26(17-37-29)20-11-13-21(35-2)14-12-20/h3-15,17H,16H2,1-2H3,(H,31,32,33). The van der Waals surface area contributed by atoms with Gasteiger partial charge < -0.3 is 9.47 Å². The van der Waals surface area contributed by atoms with Crippen molar-refractivity contribution in [2.45, 2.75) is 6.92 Å². The monoisotopic (exact) mass is 509 g/mol. The second-order valence-corrected chi connectivity index (χ2v) is 9.19. The minimum absolute atomic E-state index is 0.352. The van der Waals surface area contributed by atoms with Gasteiger partial charge in [-0.05, 0) is 43.3 Å². The van der Waals surface area contributed by atoms with Crippen LogP contribution in [0.2, 0.25) is 0 Å². The van der Waals surface area contributed by atoms with Gasteiger partial charge in [-0.1, -0.05) is 48.0 Å². The zero-order chi connectivity index (χ0) is 25.8. The minimum Gasteiger partial charge on any atom is -0.497 e. The summed E-state index contributed by atoms with van der Waals surface area (Å²) in [4.78, 5) is 34.7. The number of anilines is 1. The number of aryl methyl sites for hydroxylation is 1. The lowest BCUT2D eigenvalue weighted by Gasteiger charge is -2.10. The Morgan fingerprint density at radius 3 is 2.35 bits per heavy atom. The van der Waals surface area contributed by atoms with Gasteiger partial charge >= 0.3 is 5.97 Å². The lowest BCUT2D eigenvalue weighted by molar-refractivity contribution is -0.119. The molecular weight excluding hydrogens is 486 g/mol. The van der Waals surface area contributed by atoms with Crippen LogP contribution >= 0.6 is 11.3 Å². The maximum atomic E-state index is 13.0. The molecule has 2 heterocycles. The van der Waals surface area contributed by atoms with E-state index in [4.69, 9.17) is 14.5 Å². The van der Waals surface area contributed by atoms with Gasteiger partial charge in [-0.2, -0.15) is 0 Å². The summed E-state index contributed by atoms with van der Waals surface area (Å²) >= 11 is 1.29. The second kappa shape index (κ2) is 10.6. The third-order valence-electron chi connectivity index (χ3n) is 5.75. The number of nitrogens with one attached hydrogen (secondary N) is 1. The molecule has 0 saturated carbocycles. The molecule has 0 radical (unpaired) electrons. The molecule has 8 heteroatoms. The topological polar surface area (TPSA) is 90.4 Å². The number of rotatable bonds is 7. The van der Waals surface area contributed by atoms with Crippen LogP contribution in [0, 0.1) is 6.92 Å². The van der Waals surface area contributed by atoms with Crippen LogP contribution in [0.1, 0.15) is 15.9 Å². The molecule has 0 aliphatic rings. The van der Waals surface area contributed by atoms with E-state index in [9.17, 15) is 9.59 Å². The van der Waals surface area contributed by atoms with E-state index in [0.717, 1.165) is 28.1 Å². The number of methoxy groups -OCH3 is 1. The van der Waals surface area contributed by atoms with Crippen molar-refractivity contribution >= 4 is 39.2 Å². The molecule has 1 N–H and O–H groups in total. The van der Waals surface area contributed by atoms with E-state index >= 15 is 0 Å². The molecule has 0 aliphatic carbocycles. The van der Waals surface area contributed by atoms with Crippen molar-refractivity contribution in [3.8, 4) is 28.3 Å². The van der Waals surface area contributed by atoms with Gasteiger partial charge in [0.1, 0.15) is 5.75 Å². The van der Waals surface area contributed by atoms with Crippen molar-refractivity contribution in [2.24, 2.45) is 0 Å². The Kier molecular flexibility index (Phi) is 6.91. The van der Waals surface area contributed by atoms with Gasteiger partial charge in [0.25, 0.3) is 5.91 Å². The van der Waals surface area contributed by atoms with E-state index in [2.05, 4.69) is 10.3 Å². The van der Waals surface area contributed by atoms with E-state index in [0.29, 0.717) is 27.3 Å². The molecule has 5 aromatic rings. The Hall–Kier alpha value is -4.56. The first kappa shape index (κ1) is 24.1. The van der Waals surface area contributed by atoms with Crippen LogP contribution in [-0.2, 0) is 9.53 Å². The van der Waals surface area contributed by atoms with Crippen molar-refractivity contribution in [3.05, 3.63) is 95.4 Å². The first-order valence-corrected chi connectivity index (χ1v) is 12.4. The molecule has 2 aromatic heterocycles. The normalized spacial score (nSPS) is 10.8. The third-order valence-corrected chi connectivity index (χ3v) is 6.51. The lowest BCUT2D eigenvalue weighted by Crippen LogP contribution is -2.21. The fraction of sp³-hybridized carbons (Fsp3) is 0.103. The molecule has 0 spiro atoms. The number of thiazole rings is 1. The van der Waals surface area contributed by atoms with Crippen molar-refractivity contribution in [3.63, 3.8) is 0 Å². The minimum atomic E-state index is -0.597. The molecule has 5 rings (SSSR count). The molecule has 0 saturated heterocycles. The summed E-state index contributed by atoms with van der Waals surface area (Å²) in [5.41, 5.74) is 5.33. The fourth-order valence-corrected chi connectivity index (χ4v) is 4.54. The number of esters is 1. The van der Waals surface area contributed by atoms with Crippen LogP contribution in [0.15, 0.2) is 84.2 Å². The summed E-state index contributed by atoms with van der Waals surface area (Å²) in [6.45, 7) is 1.57. The Morgan fingerprint density at radius 1 is 0.892 bits per heavy atom. The third kappa shape index (κ3) is 5.49. The highest BCUT2D eigenvalue weighted by Crippen LogP contribution is 2.27. The number of ether oxygens (including phenoxy) is 2. The molecule has 0 bridgehead atoms. The molecule has 37 heavy (non-hydrogen) atoms. The Balaban J connectivity index is 1.28. The van der Waals surface area contributed by atoms with E-state index < -0.39 is 18.5 Å². The largest absolute Gasteiger partial charge is 0.497 e. The lowest BCUT2D eigenvalue weighted by atomic mass is 10.0. The number of amides is 1. The van der Waals surface area contributed by atoms with Crippen molar-refractivity contribution < 1.29 is 19.1 Å². The summed E-state index contributed by atoms with van der Waals surface area (Å²) in [5, 5.41) is 5.62. The van der Waals surface area contributed by atoms with E-state index in [1.165, 1.54) is 11.3 Å². The van der Waals surface area contributed by atoms with Gasteiger partial charge in [-0.15, -0.1) is 11.3 Å². The van der Waals surface area contributed by atoms with Crippen LogP contribution in [-0.4, -0.2) is 35.6 Å². The zero-order valence-corrected chi connectivity index (χ0v) is 21.0. The molecule has 0 atom stereocenters. The van der Waals surface area contributed by atoms with Gasteiger partial charge in [0.15, 0.2) is 11.7 Å². The molecule has 0 fully saturated rings. The zero-order valence-electron chi connectivity index (χ0n) is 20.2. The number of hydrogen-bond donors (Lipinski definition) is 1. The van der Waals surface area contributed by atoms with Crippen molar-refractivity contribution in [2.75, 3.05) is 19.0 Å². The highest BCUT2D eigenvalue weighted by atomic mass is 32.1. The van der Waals surface area contributed by atoms with E-state index in [1.54, 1.807) is 13.2 Å². The number of benzene rings is 3. The molecule has 0 aliphatic heterocycles. The summed E-state index contributed by atoms with van der Waals surface area (Å²) in [6, 6.07) is 24.5. The summed E-state index contributed by atoms with van der Waals surface area (Å²) in [6.07, 6.45) is 0. The van der Waals surface area contributed by atoms with E-state index in [1.807, 2.05) is 85.1 Å². The summed E-state index contributed by atoms with van der Waals surface area (Å²) in [7, 11) is 1.61. The number of pyridine rings is 1. The maximum Gasteiger partial charge on any atom is 0.339 e. The highest BCUT2D eigenvalue weighted by molar-refractivity contribution is 7.14. The predicted octanol–water partition coefficient (Wildman–Crippen LogP) is 6.14. The van der Waals surface area contributed by atoms with Gasteiger partial charge in [0, 0.05) is 21.9 Å². The second-order valence-electron chi connectivity index (χ2n) is 8.33. The van der Waals surface area contributed by atoms with Crippen LogP contribution in [0.5, 0.6) is 5.75 Å². The van der Waals surface area contributed by atoms with Crippen LogP contribution in [0.25, 0.3) is 33.4 Å². The number of carbonyl (C=O) groups is 2. The Labute approximate surface area is 217 Å². The number of nitrogens with zero attached hydrogens (tertiary/aromatic N) is 2. The Bertz CT molecular complexity index is 1580. The predicted molar refractivity (Wildman–Crippen MR) is 145 cm³/mol. The maximum absolute atomic E-state index is 13.0. The molecule has 7 nitrogen and oxygen atoms in total. The van der Waals surface area contributed by atoms with Gasteiger partial charge in [-0.25, -0.2) is 14.8 Å². The number of hydrogen-bond acceptors (Lipinski definition) is 7. The number of carbonyl (C=O) groups excluding carboxylic acids is 2. The average Bonchev–Trinajstić information content (AvgIpc) is 3.40. The van der Waals surface area contributed by atoms with Gasteiger partial charge in [0.05, 0.1) is 29.6 Å². The first-order chi connectivity index (χ1) is 18.0. The summed E-state index contributed by atoms with van der Waals surface area (Å²) < 4.78 is 10.6. The SMILES string of the molecule is COc1ccc(-c2csc(NC(=O)COC(=O)c3cc(-c4ccc(C)cc4)nc4ccccc34)n2)cc1. The van der Waals surface area contributed by atoms with Crippen molar-refractivity contribution in [1.82, 2.24) is 9.97 Å². The highest BCUT2D eigenvalue weighted by Gasteiger charge is 2.17. The summed E-state index contributed by atoms with van der Waals surface area (Å²) in [5.74, 6) is -0.316. The number of fused-ring (bicyclic) bond motifs is 1. The number of aromatic nitrogens is 2. The number of para-hydroxylation sites is 1. The molecular formula is C29H23N3O4S. The average molecular weight is 510 g/mol. The van der Waals surface area contributed by atoms with Crippen LogP contribution in [0.4, 0.5) is 5.13 Å². The Morgan fingerprint density at radius 2 is 1.59 bits per heavy atom. The van der Waals surface area contributed by atoms with Crippen LogP contribution < -0.4 is 10.1 Å². The van der Waals surface area contributed by atoms with Gasteiger partial charge in [0.2, 0.25) is 0 Å². The fourth-order valence-electron chi connectivity index (χ4n) is 3.81. The van der Waals surface area contributed by atoms with Gasteiger partial charge in [-0.3, -0.25) is 10.1 Å². The molecule has 3 aromatic carbocycles. The van der Waals surface area contributed by atoms with Crippen molar-refractivity contribution in [1.29, 1.82) is 0 Å². The molecule has 1 amide bonds. The van der Waals surface area contributed by atoms with Crippen LogP contribution in [0.3, 0.4) is 0 Å². The smallest absolute Gasteiger partial charge is 0.339 e. The molecule has 0 unspecified atom stereocenters. The first-order valence-electron chi connectivity index (χ1n) is 11.5. The quantitative estimate of drug-likeness (QED) is 0.265. The molecule has 184 valence electrons. The van der Waals surface area contributed by atoms with E-state index in [-0.39, 0.29) is 0 Å².